The van der Waals surface area contributed by atoms with Gasteiger partial charge in [-0.2, -0.15) is 0 Å². The first kappa shape index (κ1) is 16.5. The van der Waals surface area contributed by atoms with Crippen molar-refractivity contribution >= 4 is 16.0 Å². The van der Waals surface area contributed by atoms with Gasteiger partial charge in [0.25, 0.3) is 0 Å². The van der Waals surface area contributed by atoms with E-state index in [1.807, 2.05) is 0 Å². The number of methoxy groups -OCH3 is 1. The second-order valence-electron chi connectivity index (χ2n) is 4.25. The van der Waals surface area contributed by atoms with Gasteiger partial charge in [-0.1, -0.05) is 0 Å². The number of benzene rings is 1. The van der Waals surface area contributed by atoms with Crippen molar-refractivity contribution in [1.82, 2.24) is 4.72 Å². The van der Waals surface area contributed by atoms with Crippen molar-refractivity contribution in [2.45, 2.75) is 24.3 Å². The molecule has 1 atom stereocenters. The highest BCUT2D eigenvalue weighted by atomic mass is 32.2. The van der Waals surface area contributed by atoms with Gasteiger partial charge in [0.05, 0.1) is 10.5 Å². The van der Waals surface area contributed by atoms with E-state index in [2.05, 4.69) is 4.72 Å². The van der Waals surface area contributed by atoms with Gasteiger partial charge in [-0.25, -0.2) is 22.3 Å². The summed E-state index contributed by atoms with van der Waals surface area (Å²) in [5.41, 5.74) is -0.683. The van der Waals surface area contributed by atoms with Crippen molar-refractivity contribution in [2.75, 3.05) is 13.7 Å². The van der Waals surface area contributed by atoms with E-state index in [1.165, 1.54) is 7.11 Å². The summed E-state index contributed by atoms with van der Waals surface area (Å²) in [5, 5.41) is 8.78. The van der Waals surface area contributed by atoms with Gasteiger partial charge in [0, 0.05) is 19.8 Å². The SMILES string of the molecule is COCCC(C)NS(=O)(=O)c1ccc(F)c(C(=O)O)c1. The Labute approximate surface area is 116 Å². The Morgan fingerprint density at radius 3 is 2.70 bits per heavy atom. The Morgan fingerprint density at radius 2 is 2.15 bits per heavy atom. The van der Waals surface area contributed by atoms with E-state index >= 15 is 0 Å². The summed E-state index contributed by atoms with van der Waals surface area (Å²) in [5.74, 6) is -2.50. The number of hydrogen-bond donors (Lipinski definition) is 2. The predicted octanol–water partition coefficient (Wildman–Crippen LogP) is 1.23. The van der Waals surface area contributed by atoms with Crippen LogP contribution < -0.4 is 4.72 Å². The lowest BCUT2D eigenvalue weighted by atomic mass is 10.2. The van der Waals surface area contributed by atoms with E-state index in [0.717, 1.165) is 18.2 Å². The Bertz CT molecular complexity index is 588. The third-order valence-corrected chi connectivity index (χ3v) is 4.18. The molecule has 0 saturated heterocycles. The van der Waals surface area contributed by atoms with Crippen LogP contribution in [0, 0.1) is 5.82 Å². The summed E-state index contributed by atoms with van der Waals surface area (Å²) >= 11 is 0. The molecule has 2 N–H and O–H groups in total. The lowest BCUT2D eigenvalue weighted by Crippen LogP contribution is -2.33. The summed E-state index contributed by atoms with van der Waals surface area (Å²) < 4.78 is 44.5. The normalized spacial score (nSPS) is 13.2. The average Bonchev–Trinajstić information content (AvgIpc) is 2.35. The Hall–Kier alpha value is -1.51. The molecule has 1 rings (SSSR count). The summed E-state index contributed by atoms with van der Waals surface area (Å²) in [4.78, 5) is 10.5. The number of ether oxygens (including phenoxy) is 1. The van der Waals surface area contributed by atoms with Crippen molar-refractivity contribution in [3.05, 3.63) is 29.6 Å². The number of carboxylic acid groups (broad SMARTS) is 1. The smallest absolute Gasteiger partial charge is 0.338 e. The molecule has 8 heteroatoms. The fourth-order valence-corrected chi connectivity index (χ4v) is 2.83. The number of carbonyl (C=O) groups is 1. The van der Waals surface area contributed by atoms with Gasteiger partial charge < -0.3 is 9.84 Å². The zero-order chi connectivity index (χ0) is 15.3. The first-order valence-corrected chi connectivity index (χ1v) is 7.30. The molecule has 0 heterocycles. The van der Waals surface area contributed by atoms with Gasteiger partial charge in [-0.3, -0.25) is 0 Å². The minimum atomic E-state index is -3.90. The minimum absolute atomic E-state index is 0.291. The molecule has 0 aliphatic rings. The summed E-state index contributed by atoms with van der Waals surface area (Å²) in [7, 11) is -2.40. The van der Waals surface area contributed by atoms with E-state index in [9.17, 15) is 17.6 Å². The number of aromatic carboxylic acids is 1. The van der Waals surface area contributed by atoms with Crippen molar-refractivity contribution in [1.29, 1.82) is 0 Å². The van der Waals surface area contributed by atoms with Crippen LogP contribution in [-0.2, 0) is 14.8 Å². The third kappa shape index (κ3) is 4.26. The third-order valence-electron chi connectivity index (χ3n) is 2.59. The molecule has 112 valence electrons. The molecule has 0 radical (unpaired) electrons. The average molecular weight is 305 g/mol. The van der Waals surface area contributed by atoms with E-state index in [-0.39, 0.29) is 4.90 Å². The molecule has 0 aliphatic heterocycles. The van der Waals surface area contributed by atoms with Gasteiger partial charge in [-0.15, -0.1) is 0 Å². The zero-order valence-corrected chi connectivity index (χ0v) is 11.9. The van der Waals surface area contributed by atoms with Gasteiger partial charge >= 0.3 is 5.97 Å². The van der Waals surface area contributed by atoms with E-state index in [1.54, 1.807) is 6.92 Å². The maximum atomic E-state index is 13.2. The van der Waals surface area contributed by atoms with E-state index in [0.29, 0.717) is 13.0 Å². The van der Waals surface area contributed by atoms with Crippen molar-refractivity contribution < 1.29 is 27.4 Å². The number of nitrogens with one attached hydrogen (secondary N) is 1. The Morgan fingerprint density at radius 1 is 1.50 bits per heavy atom. The molecule has 1 aromatic rings. The number of hydrogen-bond acceptors (Lipinski definition) is 4. The number of rotatable bonds is 7. The molecule has 0 bridgehead atoms. The van der Waals surface area contributed by atoms with Crippen LogP contribution in [-0.4, -0.2) is 39.3 Å². The van der Waals surface area contributed by atoms with Crippen LogP contribution in [0.4, 0.5) is 4.39 Å². The van der Waals surface area contributed by atoms with E-state index in [4.69, 9.17) is 9.84 Å². The zero-order valence-electron chi connectivity index (χ0n) is 11.1. The molecule has 6 nitrogen and oxygen atoms in total. The lowest BCUT2D eigenvalue weighted by molar-refractivity contribution is 0.0691. The number of sulfonamides is 1. The molecule has 1 aromatic carbocycles. The second-order valence-corrected chi connectivity index (χ2v) is 5.96. The van der Waals surface area contributed by atoms with E-state index < -0.39 is 33.4 Å². The molecule has 0 saturated carbocycles. The minimum Gasteiger partial charge on any atom is -0.478 e. The van der Waals surface area contributed by atoms with Crippen LogP contribution in [0.2, 0.25) is 0 Å². The van der Waals surface area contributed by atoms with Crippen LogP contribution >= 0.6 is 0 Å². The van der Waals surface area contributed by atoms with Crippen LogP contribution in [0.25, 0.3) is 0 Å². The van der Waals surface area contributed by atoms with Crippen LogP contribution in [0.5, 0.6) is 0 Å². The second kappa shape index (κ2) is 6.78. The van der Waals surface area contributed by atoms with Crippen molar-refractivity contribution in [3.8, 4) is 0 Å². The van der Waals surface area contributed by atoms with Crippen LogP contribution in [0.15, 0.2) is 23.1 Å². The summed E-state index contributed by atoms with van der Waals surface area (Å²) in [6, 6.07) is 2.24. The fourth-order valence-electron chi connectivity index (χ4n) is 1.52. The topological polar surface area (TPSA) is 92.7 Å². The first-order valence-electron chi connectivity index (χ1n) is 5.82. The molecular weight excluding hydrogens is 289 g/mol. The largest absolute Gasteiger partial charge is 0.478 e. The van der Waals surface area contributed by atoms with Gasteiger partial charge in [-0.05, 0) is 31.5 Å². The molecule has 20 heavy (non-hydrogen) atoms. The Kier molecular flexibility index (Phi) is 5.61. The molecule has 0 aromatic heterocycles. The summed E-state index contributed by atoms with van der Waals surface area (Å²) in [6.07, 6.45) is 0.461. The van der Waals surface area contributed by atoms with Crippen LogP contribution in [0.1, 0.15) is 23.7 Å². The highest BCUT2D eigenvalue weighted by Gasteiger charge is 2.20. The van der Waals surface area contributed by atoms with Gasteiger partial charge in [0.15, 0.2) is 0 Å². The lowest BCUT2D eigenvalue weighted by Gasteiger charge is -2.14. The molecule has 0 amide bonds. The van der Waals surface area contributed by atoms with Crippen molar-refractivity contribution in [2.24, 2.45) is 0 Å². The maximum Gasteiger partial charge on any atom is 0.338 e. The Balaban J connectivity index is 2.98. The number of halogens is 1. The molecular formula is C12H16FNO5S. The number of carboxylic acids is 1. The van der Waals surface area contributed by atoms with Gasteiger partial charge in [0.1, 0.15) is 5.82 Å². The summed E-state index contributed by atoms with van der Waals surface area (Å²) in [6.45, 7) is 2.03. The predicted molar refractivity (Wildman–Crippen MR) is 69.6 cm³/mol. The van der Waals surface area contributed by atoms with Crippen LogP contribution in [0.3, 0.4) is 0 Å². The quantitative estimate of drug-likeness (QED) is 0.790. The fraction of sp³-hybridized carbons (Fsp3) is 0.417. The highest BCUT2D eigenvalue weighted by Crippen LogP contribution is 2.15. The first-order chi connectivity index (χ1) is 9.27. The highest BCUT2D eigenvalue weighted by molar-refractivity contribution is 7.89. The molecule has 1 unspecified atom stereocenters. The van der Waals surface area contributed by atoms with Crippen molar-refractivity contribution in [3.63, 3.8) is 0 Å². The standard InChI is InChI=1S/C12H16FNO5S/c1-8(5-6-19-2)14-20(17,18)9-3-4-11(13)10(7-9)12(15)16/h3-4,7-8,14H,5-6H2,1-2H3,(H,15,16). The molecule has 0 aliphatic carbocycles. The molecule has 0 fully saturated rings. The monoisotopic (exact) mass is 305 g/mol. The maximum absolute atomic E-state index is 13.2. The van der Waals surface area contributed by atoms with Gasteiger partial charge in [0.2, 0.25) is 10.0 Å². The molecule has 0 spiro atoms.